The summed E-state index contributed by atoms with van der Waals surface area (Å²) in [5.41, 5.74) is 0. The molecule has 0 bridgehead atoms. The smallest absolute Gasteiger partial charge is 0.212 e. The summed E-state index contributed by atoms with van der Waals surface area (Å²) in [5.74, 6) is 0.186. The molecule has 0 aromatic carbocycles. The minimum atomic E-state index is -3.06. The molecule has 0 rings (SSSR count). The molecule has 0 saturated carbocycles. The van der Waals surface area contributed by atoms with Gasteiger partial charge in [0.2, 0.25) is 10.0 Å². The summed E-state index contributed by atoms with van der Waals surface area (Å²) in [6.07, 6.45) is 0. The average molecular weight is 186 g/mol. The van der Waals surface area contributed by atoms with Crippen molar-refractivity contribution in [1.82, 2.24) is 4.31 Å². The molecular weight excluding hydrogens is 174 g/mol. The van der Waals surface area contributed by atoms with Crippen LogP contribution in [0.4, 0.5) is 0 Å². The van der Waals surface area contributed by atoms with E-state index in [1.807, 2.05) is 0 Å². The van der Waals surface area contributed by atoms with Crippen molar-refractivity contribution in [3.05, 3.63) is 0 Å². The standard InChI is InChI=1S/C5H12ClNO2S/c1-3-7(2)10(8,9)5-4-6/h3-5H2,1-2H3. The first-order valence-corrected chi connectivity index (χ1v) is 5.19. The minimum Gasteiger partial charge on any atom is -0.212 e. The van der Waals surface area contributed by atoms with Gasteiger partial charge in [-0.1, -0.05) is 6.92 Å². The zero-order valence-electron chi connectivity index (χ0n) is 6.17. The Morgan fingerprint density at radius 1 is 1.50 bits per heavy atom. The first-order chi connectivity index (χ1) is 4.54. The van der Waals surface area contributed by atoms with Crippen LogP contribution in [0.15, 0.2) is 0 Å². The average Bonchev–Trinajstić information content (AvgIpc) is 1.86. The molecule has 5 heteroatoms. The summed E-state index contributed by atoms with van der Waals surface area (Å²) in [6, 6.07) is 0. The first-order valence-electron chi connectivity index (χ1n) is 3.04. The number of sulfonamides is 1. The number of alkyl halides is 1. The van der Waals surface area contributed by atoms with Crippen LogP contribution >= 0.6 is 11.6 Å². The minimum absolute atomic E-state index is 0.0267. The molecule has 0 amide bonds. The largest absolute Gasteiger partial charge is 0.215 e. The quantitative estimate of drug-likeness (QED) is 0.599. The SMILES string of the molecule is CCN(C)S(=O)(=O)CCCl. The van der Waals surface area contributed by atoms with Crippen LogP contribution < -0.4 is 0 Å². The third-order valence-electron chi connectivity index (χ3n) is 1.26. The Bertz CT molecular complexity index is 178. The second kappa shape index (κ2) is 4.16. The molecule has 0 aliphatic carbocycles. The van der Waals surface area contributed by atoms with Gasteiger partial charge in [0.25, 0.3) is 0 Å². The molecule has 0 aromatic rings. The Hall–Kier alpha value is 0.200. The van der Waals surface area contributed by atoms with Gasteiger partial charge in [-0.05, 0) is 0 Å². The maximum Gasteiger partial charge on any atom is 0.215 e. The molecule has 0 radical (unpaired) electrons. The lowest BCUT2D eigenvalue weighted by Crippen LogP contribution is -2.29. The predicted octanol–water partition coefficient (Wildman–Crippen LogP) is 0.507. The van der Waals surface area contributed by atoms with Gasteiger partial charge >= 0.3 is 0 Å². The summed E-state index contributed by atoms with van der Waals surface area (Å²) in [5, 5.41) is 0. The van der Waals surface area contributed by atoms with E-state index in [1.54, 1.807) is 14.0 Å². The fourth-order valence-corrected chi connectivity index (χ4v) is 1.94. The number of nitrogens with zero attached hydrogens (tertiary/aromatic N) is 1. The number of hydrogen-bond donors (Lipinski definition) is 0. The van der Waals surface area contributed by atoms with E-state index in [2.05, 4.69) is 0 Å². The molecule has 0 heterocycles. The van der Waals surface area contributed by atoms with Gasteiger partial charge in [0.1, 0.15) is 0 Å². The molecule has 10 heavy (non-hydrogen) atoms. The topological polar surface area (TPSA) is 37.4 Å². The van der Waals surface area contributed by atoms with E-state index in [0.717, 1.165) is 0 Å². The van der Waals surface area contributed by atoms with Crippen molar-refractivity contribution >= 4 is 21.6 Å². The van der Waals surface area contributed by atoms with Crippen molar-refractivity contribution in [2.75, 3.05) is 25.2 Å². The summed E-state index contributed by atoms with van der Waals surface area (Å²) >= 11 is 5.28. The molecule has 0 N–H and O–H groups in total. The molecular formula is C5H12ClNO2S. The molecule has 0 aromatic heterocycles. The maximum atomic E-state index is 11.0. The Morgan fingerprint density at radius 3 is 2.30 bits per heavy atom. The highest BCUT2D eigenvalue weighted by molar-refractivity contribution is 7.89. The highest BCUT2D eigenvalue weighted by Gasteiger charge is 2.13. The van der Waals surface area contributed by atoms with Crippen LogP contribution in [0, 0.1) is 0 Å². The van der Waals surface area contributed by atoms with Crippen LogP contribution in [0.25, 0.3) is 0 Å². The summed E-state index contributed by atoms with van der Waals surface area (Å²) < 4.78 is 23.3. The van der Waals surface area contributed by atoms with Gasteiger partial charge in [0.15, 0.2) is 0 Å². The van der Waals surface area contributed by atoms with Gasteiger partial charge in [-0.15, -0.1) is 11.6 Å². The zero-order valence-corrected chi connectivity index (χ0v) is 7.74. The van der Waals surface area contributed by atoms with E-state index in [1.165, 1.54) is 4.31 Å². The molecule has 0 aliphatic heterocycles. The van der Waals surface area contributed by atoms with Gasteiger partial charge in [-0.2, -0.15) is 0 Å². The summed E-state index contributed by atoms with van der Waals surface area (Å²) in [7, 11) is -1.52. The van der Waals surface area contributed by atoms with Crippen LogP contribution in [0.5, 0.6) is 0 Å². The Labute approximate surface area is 67.0 Å². The number of hydrogen-bond acceptors (Lipinski definition) is 2. The molecule has 0 saturated heterocycles. The van der Waals surface area contributed by atoms with Crippen molar-refractivity contribution in [1.29, 1.82) is 0 Å². The first kappa shape index (κ1) is 10.2. The van der Waals surface area contributed by atoms with E-state index in [9.17, 15) is 8.42 Å². The second-order valence-electron chi connectivity index (χ2n) is 1.92. The lowest BCUT2D eigenvalue weighted by molar-refractivity contribution is 0.488. The van der Waals surface area contributed by atoms with E-state index >= 15 is 0 Å². The molecule has 0 unspecified atom stereocenters. The third-order valence-corrected chi connectivity index (χ3v) is 3.60. The molecule has 62 valence electrons. The fraction of sp³-hybridized carbons (Fsp3) is 1.00. The maximum absolute atomic E-state index is 11.0. The van der Waals surface area contributed by atoms with E-state index < -0.39 is 10.0 Å². The van der Waals surface area contributed by atoms with Crippen molar-refractivity contribution in [3.63, 3.8) is 0 Å². The lowest BCUT2D eigenvalue weighted by Gasteiger charge is -2.12. The Balaban J connectivity index is 4.12. The van der Waals surface area contributed by atoms with Crippen LogP contribution in [0.3, 0.4) is 0 Å². The third kappa shape index (κ3) is 2.86. The van der Waals surface area contributed by atoms with Crippen LogP contribution in [-0.2, 0) is 10.0 Å². The van der Waals surface area contributed by atoms with Crippen molar-refractivity contribution in [3.8, 4) is 0 Å². The van der Waals surface area contributed by atoms with Crippen molar-refractivity contribution < 1.29 is 8.42 Å². The molecule has 0 atom stereocenters. The molecule has 0 aliphatic rings. The lowest BCUT2D eigenvalue weighted by atomic mass is 10.8. The Morgan fingerprint density at radius 2 is 2.00 bits per heavy atom. The monoisotopic (exact) mass is 185 g/mol. The molecule has 3 nitrogen and oxygen atoms in total. The highest BCUT2D eigenvalue weighted by Crippen LogP contribution is 1.97. The number of rotatable bonds is 4. The van der Waals surface area contributed by atoms with Crippen LogP contribution in [0.2, 0.25) is 0 Å². The normalized spacial score (nSPS) is 12.4. The number of halogens is 1. The van der Waals surface area contributed by atoms with Crippen LogP contribution in [0.1, 0.15) is 6.92 Å². The van der Waals surface area contributed by atoms with Gasteiger partial charge in [-0.3, -0.25) is 0 Å². The van der Waals surface area contributed by atoms with Crippen LogP contribution in [-0.4, -0.2) is 37.9 Å². The molecule has 0 fully saturated rings. The van der Waals surface area contributed by atoms with Gasteiger partial charge in [-0.25, -0.2) is 12.7 Å². The zero-order chi connectivity index (χ0) is 8.20. The fourth-order valence-electron chi connectivity index (χ4n) is 0.450. The van der Waals surface area contributed by atoms with Crippen molar-refractivity contribution in [2.24, 2.45) is 0 Å². The Kier molecular flexibility index (Phi) is 4.24. The van der Waals surface area contributed by atoms with E-state index in [0.29, 0.717) is 6.54 Å². The summed E-state index contributed by atoms with van der Waals surface area (Å²) in [6.45, 7) is 2.28. The summed E-state index contributed by atoms with van der Waals surface area (Å²) in [4.78, 5) is 0. The highest BCUT2D eigenvalue weighted by atomic mass is 35.5. The van der Waals surface area contributed by atoms with Gasteiger partial charge in [0, 0.05) is 19.5 Å². The van der Waals surface area contributed by atoms with Gasteiger partial charge in [0.05, 0.1) is 5.75 Å². The van der Waals surface area contributed by atoms with Gasteiger partial charge < -0.3 is 0 Å². The predicted molar refractivity (Wildman–Crippen MR) is 42.8 cm³/mol. The second-order valence-corrected chi connectivity index (χ2v) is 4.49. The van der Waals surface area contributed by atoms with E-state index in [4.69, 9.17) is 11.6 Å². The van der Waals surface area contributed by atoms with E-state index in [-0.39, 0.29) is 11.6 Å². The molecule has 0 spiro atoms. The van der Waals surface area contributed by atoms with Crippen molar-refractivity contribution in [2.45, 2.75) is 6.92 Å².